The Kier molecular flexibility index (Phi) is 3.89. The summed E-state index contributed by atoms with van der Waals surface area (Å²) in [6.07, 6.45) is 0. The first-order valence-corrected chi connectivity index (χ1v) is 9.86. The topological polar surface area (TPSA) is 12.5 Å². The number of benzene rings is 2. The molecule has 2 heterocycles. The highest BCUT2D eigenvalue weighted by Crippen LogP contribution is 2.55. The molecule has 0 aliphatic carbocycles. The van der Waals surface area contributed by atoms with Gasteiger partial charge in [-0.25, -0.2) is 0 Å². The van der Waals surface area contributed by atoms with E-state index in [9.17, 15) is 0 Å². The molecule has 134 valence electrons. The molecule has 3 heteroatoms. The fourth-order valence-electron chi connectivity index (χ4n) is 3.63. The third kappa shape index (κ3) is 2.71. The van der Waals surface area contributed by atoms with E-state index in [-0.39, 0.29) is 5.41 Å². The van der Waals surface area contributed by atoms with Crippen molar-refractivity contribution < 1.29 is 4.74 Å². The molecule has 1 aliphatic heterocycles. The van der Waals surface area contributed by atoms with Gasteiger partial charge in [-0.2, -0.15) is 0 Å². The number of ether oxygens (including phenoxy) is 1. The predicted molar refractivity (Wildman–Crippen MR) is 112 cm³/mol. The van der Waals surface area contributed by atoms with Crippen molar-refractivity contribution in [2.75, 3.05) is 4.90 Å². The van der Waals surface area contributed by atoms with Crippen LogP contribution in [0.25, 0.3) is 0 Å². The van der Waals surface area contributed by atoms with Gasteiger partial charge in [0.25, 0.3) is 0 Å². The number of anilines is 3. The molecule has 0 unspecified atom stereocenters. The van der Waals surface area contributed by atoms with Crippen LogP contribution in [-0.2, 0) is 5.41 Å². The second kappa shape index (κ2) is 5.88. The lowest BCUT2D eigenvalue weighted by Crippen LogP contribution is -2.18. The number of hydrogen-bond acceptors (Lipinski definition) is 3. The van der Waals surface area contributed by atoms with Crippen LogP contribution in [0.15, 0.2) is 42.5 Å². The smallest absolute Gasteiger partial charge is 0.163 e. The molecule has 0 radical (unpaired) electrons. The standard InChI is InChI=1S/C23H25NOS/c1-14-11-17(23(4,5)6)12-15(2)21(14)24-18-9-7-8-10-19(18)25-20-13-16(3)26-22(20)24/h7-13H,1-6H3. The number of fused-ring (bicyclic) bond motifs is 2. The summed E-state index contributed by atoms with van der Waals surface area (Å²) in [5.41, 5.74) is 6.47. The predicted octanol–water partition coefficient (Wildman–Crippen LogP) is 7.55. The Hall–Kier alpha value is -2.26. The lowest BCUT2D eigenvalue weighted by Gasteiger charge is -2.33. The van der Waals surface area contributed by atoms with Crippen molar-refractivity contribution in [3.63, 3.8) is 0 Å². The van der Waals surface area contributed by atoms with Gasteiger partial charge >= 0.3 is 0 Å². The highest BCUT2D eigenvalue weighted by Gasteiger charge is 2.30. The van der Waals surface area contributed by atoms with Crippen LogP contribution in [0.3, 0.4) is 0 Å². The van der Waals surface area contributed by atoms with Crippen LogP contribution >= 0.6 is 11.3 Å². The van der Waals surface area contributed by atoms with Crippen LogP contribution < -0.4 is 9.64 Å². The first kappa shape index (κ1) is 17.2. The average Bonchev–Trinajstić information content (AvgIpc) is 2.92. The highest BCUT2D eigenvalue weighted by atomic mass is 32.1. The van der Waals surface area contributed by atoms with Gasteiger partial charge in [0, 0.05) is 4.88 Å². The van der Waals surface area contributed by atoms with E-state index in [1.54, 1.807) is 11.3 Å². The van der Waals surface area contributed by atoms with Gasteiger partial charge in [-0.1, -0.05) is 45.0 Å². The van der Waals surface area contributed by atoms with Gasteiger partial charge < -0.3 is 4.74 Å². The second-order valence-corrected chi connectivity index (χ2v) is 9.38. The van der Waals surface area contributed by atoms with E-state index in [1.807, 2.05) is 12.1 Å². The van der Waals surface area contributed by atoms with E-state index in [2.05, 4.69) is 76.8 Å². The van der Waals surface area contributed by atoms with E-state index in [0.29, 0.717) is 0 Å². The summed E-state index contributed by atoms with van der Waals surface area (Å²) >= 11 is 1.78. The number of aryl methyl sites for hydroxylation is 3. The van der Waals surface area contributed by atoms with Gasteiger partial charge in [0.15, 0.2) is 11.5 Å². The van der Waals surface area contributed by atoms with Gasteiger partial charge in [-0.05, 0) is 61.1 Å². The van der Waals surface area contributed by atoms with Crippen LogP contribution in [0.5, 0.6) is 11.5 Å². The molecule has 0 fully saturated rings. The number of hydrogen-bond donors (Lipinski definition) is 0. The lowest BCUT2D eigenvalue weighted by atomic mass is 9.84. The molecule has 0 spiro atoms. The summed E-state index contributed by atoms with van der Waals surface area (Å²) in [5.74, 6) is 1.86. The summed E-state index contributed by atoms with van der Waals surface area (Å²) in [6.45, 7) is 13.4. The largest absolute Gasteiger partial charge is 0.452 e. The summed E-state index contributed by atoms with van der Waals surface area (Å²) < 4.78 is 6.18. The van der Waals surface area contributed by atoms with Gasteiger partial charge in [-0.15, -0.1) is 11.3 Å². The minimum absolute atomic E-state index is 0.141. The zero-order valence-corrected chi connectivity index (χ0v) is 17.1. The molecule has 0 saturated heterocycles. The molecule has 26 heavy (non-hydrogen) atoms. The minimum Gasteiger partial charge on any atom is -0.452 e. The summed E-state index contributed by atoms with van der Waals surface area (Å²) in [6, 6.07) is 15.1. The molecule has 2 aromatic carbocycles. The Morgan fingerprint density at radius 3 is 2.19 bits per heavy atom. The molecule has 3 aromatic rings. The van der Waals surface area contributed by atoms with E-state index in [1.165, 1.54) is 27.3 Å². The molecule has 0 amide bonds. The number of para-hydroxylation sites is 2. The average molecular weight is 364 g/mol. The molecule has 0 bridgehead atoms. The van der Waals surface area contributed by atoms with Crippen molar-refractivity contribution in [3.8, 4) is 11.5 Å². The van der Waals surface area contributed by atoms with Crippen LogP contribution in [0.1, 0.15) is 42.3 Å². The molecule has 4 rings (SSSR count). The van der Waals surface area contributed by atoms with E-state index in [0.717, 1.165) is 22.2 Å². The van der Waals surface area contributed by atoms with Gasteiger partial charge in [0.05, 0.1) is 11.4 Å². The van der Waals surface area contributed by atoms with E-state index in [4.69, 9.17) is 4.74 Å². The van der Waals surface area contributed by atoms with Crippen LogP contribution in [0.2, 0.25) is 0 Å². The van der Waals surface area contributed by atoms with Crippen LogP contribution in [0.4, 0.5) is 16.4 Å². The Labute approximate surface area is 160 Å². The maximum atomic E-state index is 6.18. The molecule has 1 aliphatic rings. The molecule has 0 N–H and O–H groups in total. The third-order valence-corrected chi connectivity index (χ3v) is 5.93. The van der Waals surface area contributed by atoms with Crippen molar-refractivity contribution in [3.05, 3.63) is 64.0 Å². The molecule has 2 nitrogen and oxygen atoms in total. The lowest BCUT2D eigenvalue weighted by molar-refractivity contribution is 0.479. The zero-order valence-electron chi connectivity index (χ0n) is 16.3. The normalized spacial score (nSPS) is 13.2. The fraction of sp³-hybridized carbons (Fsp3) is 0.304. The number of thiophene rings is 1. The van der Waals surface area contributed by atoms with Crippen molar-refractivity contribution in [1.29, 1.82) is 0 Å². The summed E-state index contributed by atoms with van der Waals surface area (Å²) in [4.78, 5) is 3.64. The van der Waals surface area contributed by atoms with Gasteiger partial charge in [-0.3, -0.25) is 4.90 Å². The Morgan fingerprint density at radius 2 is 1.54 bits per heavy atom. The van der Waals surface area contributed by atoms with Crippen LogP contribution in [0, 0.1) is 20.8 Å². The van der Waals surface area contributed by atoms with Crippen LogP contribution in [-0.4, -0.2) is 0 Å². The van der Waals surface area contributed by atoms with E-state index >= 15 is 0 Å². The maximum Gasteiger partial charge on any atom is 0.163 e. The first-order valence-electron chi connectivity index (χ1n) is 9.05. The van der Waals surface area contributed by atoms with Crippen molar-refractivity contribution >= 4 is 27.7 Å². The maximum absolute atomic E-state index is 6.18. The zero-order chi connectivity index (χ0) is 18.6. The minimum atomic E-state index is 0.141. The van der Waals surface area contributed by atoms with Gasteiger partial charge in [0.2, 0.25) is 0 Å². The SMILES string of the molecule is Cc1cc2c(s1)N(c1c(C)cc(C(C)(C)C)cc1C)c1ccccc1O2. The number of rotatable bonds is 1. The second-order valence-electron chi connectivity index (χ2n) is 8.14. The monoisotopic (exact) mass is 363 g/mol. The fourth-order valence-corrected chi connectivity index (χ4v) is 4.58. The number of nitrogens with zero attached hydrogens (tertiary/aromatic N) is 1. The van der Waals surface area contributed by atoms with Crippen molar-refractivity contribution in [1.82, 2.24) is 0 Å². The quantitative estimate of drug-likeness (QED) is 0.346. The summed E-state index contributed by atoms with van der Waals surface area (Å²) in [5, 5.41) is 1.16. The Balaban J connectivity index is 1.97. The Morgan fingerprint density at radius 1 is 0.885 bits per heavy atom. The van der Waals surface area contributed by atoms with Crippen molar-refractivity contribution in [2.45, 2.75) is 47.0 Å². The van der Waals surface area contributed by atoms with E-state index < -0.39 is 0 Å². The molecular weight excluding hydrogens is 338 g/mol. The molecule has 0 saturated carbocycles. The van der Waals surface area contributed by atoms with Gasteiger partial charge in [0.1, 0.15) is 5.00 Å². The first-order chi connectivity index (χ1) is 12.3. The Bertz CT molecular complexity index is 971. The van der Waals surface area contributed by atoms with Crippen molar-refractivity contribution in [2.24, 2.45) is 0 Å². The highest BCUT2D eigenvalue weighted by molar-refractivity contribution is 7.16. The molecule has 1 aromatic heterocycles. The summed E-state index contributed by atoms with van der Waals surface area (Å²) in [7, 11) is 0. The third-order valence-electron chi connectivity index (χ3n) is 4.91. The molecular formula is C23H25NOS. The molecule has 0 atom stereocenters.